The molecule has 116 valence electrons. The van der Waals surface area contributed by atoms with Gasteiger partial charge in [0.2, 0.25) is 0 Å². The Bertz CT molecular complexity index is 762. The second-order valence-corrected chi connectivity index (χ2v) is 4.92. The summed E-state index contributed by atoms with van der Waals surface area (Å²) in [6.07, 6.45) is 3.18. The number of nitrogens with zero attached hydrogens (tertiary/aromatic N) is 2. The van der Waals surface area contributed by atoms with Crippen LogP contribution >= 0.6 is 0 Å². The lowest BCUT2D eigenvalue weighted by Crippen LogP contribution is -2.24. The molecule has 1 aromatic carbocycles. The normalized spacial score (nSPS) is 10.7. The number of ether oxygens (including phenoxy) is 1. The minimum atomic E-state index is -0.443. The van der Waals surface area contributed by atoms with E-state index in [9.17, 15) is 10.1 Å². The van der Waals surface area contributed by atoms with Gasteiger partial charge in [0.05, 0.1) is 19.3 Å². The summed E-state index contributed by atoms with van der Waals surface area (Å²) in [7, 11) is 1.55. The van der Waals surface area contributed by atoms with E-state index < -0.39 is 5.91 Å². The van der Waals surface area contributed by atoms with Gasteiger partial charge in [0.1, 0.15) is 17.4 Å². The number of amides is 1. The van der Waals surface area contributed by atoms with Gasteiger partial charge in [-0.05, 0) is 37.3 Å². The molecule has 2 rings (SSSR count). The van der Waals surface area contributed by atoms with E-state index in [2.05, 4.69) is 10.3 Å². The van der Waals surface area contributed by atoms with Gasteiger partial charge in [0, 0.05) is 11.8 Å². The summed E-state index contributed by atoms with van der Waals surface area (Å²) in [4.78, 5) is 16.3. The number of aryl methyl sites for hydroxylation is 1. The minimum absolute atomic E-state index is 0.0184. The number of rotatable bonds is 5. The first kappa shape index (κ1) is 16.2. The molecule has 0 bridgehead atoms. The van der Waals surface area contributed by atoms with E-state index in [1.807, 2.05) is 37.3 Å². The summed E-state index contributed by atoms with van der Waals surface area (Å²) in [5.41, 5.74) is 2.45. The van der Waals surface area contributed by atoms with Crippen molar-refractivity contribution in [1.29, 1.82) is 5.26 Å². The number of benzene rings is 1. The van der Waals surface area contributed by atoms with Crippen molar-refractivity contribution in [2.24, 2.45) is 0 Å². The minimum Gasteiger partial charge on any atom is -0.496 e. The molecule has 0 fully saturated rings. The Balaban J connectivity index is 2.17. The first-order valence-corrected chi connectivity index (χ1v) is 7.08. The highest BCUT2D eigenvalue weighted by Gasteiger charge is 2.11. The van der Waals surface area contributed by atoms with Gasteiger partial charge in [-0.25, -0.2) is 0 Å². The van der Waals surface area contributed by atoms with E-state index >= 15 is 0 Å². The van der Waals surface area contributed by atoms with Crippen molar-refractivity contribution in [2.75, 3.05) is 7.11 Å². The Morgan fingerprint density at radius 3 is 2.87 bits per heavy atom. The van der Waals surface area contributed by atoms with Gasteiger partial charge in [-0.2, -0.15) is 5.26 Å². The summed E-state index contributed by atoms with van der Waals surface area (Å²) in [5.74, 6) is 0.169. The number of hydrogen-bond donors (Lipinski definition) is 1. The highest BCUT2D eigenvalue weighted by Crippen LogP contribution is 2.22. The van der Waals surface area contributed by atoms with Crippen LogP contribution in [0.5, 0.6) is 5.75 Å². The number of nitriles is 1. The number of methoxy groups -OCH3 is 1. The lowest BCUT2D eigenvalue weighted by molar-refractivity contribution is -0.117. The zero-order valence-electron chi connectivity index (χ0n) is 13.0. The molecule has 0 saturated heterocycles. The maximum absolute atomic E-state index is 12.2. The Hall–Kier alpha value is -3.13. The predicted octanol–water partition coefficient (Wildman–Crippen LogP) is 2.62. The second kappa shape index (κ2) is 7.76. The molecule has 0 aliphatic carbocycles. The zero-order chi connectivity index (χ0) is 16.7. The van der Waals surface area contributed by atoms with Gasteiger partial charge in [-0.1, -0.05) is 17.7 Å². The number of hydrogen-bond acceptors (Lipinski definition) is 4. The van der Waals surface area contributed by atoms with Crippen LogP contribution in [0.1, 0.15) is 16.8 Å². The topological polar surface area (TPSA) is 75.0 Å². The standard InChI is InChI=1S/C18H17N3O2/c1-13-6-7-17(23-2)14(9-13)10-15(11-19)18(22)21-12-16-5-3-4-8-20-16/h3-10H,12H2,1-2H3,(H,21,22)/b15-10+. The van der Waals surface area contributed by atoms with Crippen molar-refractivity contribution < 1.29 is 9.53 Å². The van der Waals surface area contributed by atoms with Crippen molar-refractivity contribution in [3.8, 4) is 11.8 Å². The van der Waals surface area contributed by atoms with Crippen LogP contribution in [0.2, 0.25) is 0 Å². The number of pyridine rings is 1. The molecular weight excluding hydrogens is 290 g/mol. The third kappa shape index (κ3) is 4.42. The monoisotopic (exact) mass is 307 g/mol. The molecule has 0 aliphatic rings. The molecule has 0 spiro atoms. The third-order valence-corrected chi connectivity index (χ3v) is 3.21. The number of nitrogens with one attached hydrogen (secondary N) is 1. The molecule has 1 amide bonds. The molecule has 5 nitrogen and oxygen atoms in total. The summed E-state index contributed by atoms with van der Waals surface area (Å²) < 4.78 is 5.26. The summed E-state index contributed by atoms with van der Waals surface area (Å²) in [6, 6.07) is 13.0. The molecule has 1 heterocycles. The first-order chi connectivity index (χ1) is 11.1. The Morgan fingerprint density at radius 2 is 2.22 bits per heavy atom. The Kier molecular flexibility index (Phi) is 5.48. The molecular formula is C18H17N3O2. The van der Waals surface area contributed by atoms with Crippen molar-refractivity contribution in [2.45, 2.75) is 13.5 Å². The third-order valence-electron chi connectivity index (χ3n) is 3.21. The quantitative estimate of drug-likeness (QED) is 0.680. The van der Waals surface area contributed by atoms with Crippen LogP contribution in [0.4, 0.5) is 0 Å². The van der Waals surface area contributed by atoms with E-state index in [0.717, 1.165) is 11.3 Å². The molecule has 0 saturated carbocycles. The number of carbonyl (C=O) groups excluding carboxylic acids is 1. The van der Waals surface area contributed by atoms with Crippen molar-refractivity contribution >= 4 is 12.0 Å². The van der Waals surface area contributed by atoms with Gasteiger partial charge < -0.3 is 10.1 Å². The van der Waals surface area contributed by atoms with Crippen LogP contribution in [0.25, 0.3) is 6.08 Å². The fraction of sp³-hybridized carbons (Fsp3) is 0.167. The fourth-order valence-corrected chi connectivity index (χ4v) is 2.04. The molecule has 0 radical (unpaired) electrons. The molecule has 1 aromatic heterocycles. The van der Waals surface area contributed by atoms with Crippen LogP contribution in [-0.2, 0) is 11.3 Å². The molecule has 5 heteroatoms. The molecule has 23 heavy (non-hydrogen) atoms. The van der Waals surface area contributed by atoms with Crippen LogP contribution in [-0.4, -0.2) is 18.0 Å². The number of carbonyl (C=O) groups is 1. The average molecular weight is 307 g/mol. The van der Waals surface area contributed by atoms with Crippen molar-refractivity contribution in [3.05, 3.63) is 65.0 Å². The molecule has 0 atom stereocenters. The zero-order valence-corrected chi connectivity index (χ0v) is 13.0. The van der Waals surface area contributed by atoms with Gasteiger partial charge in [-0.15, -0.1) is 0 Å². The molecule has 0 unspecified atom stereocenters. The van der Waals surface area contributed by atoms with Crippen LogP contribution in [0, 0.1) is 18.3 Å². The van der Waals surface area contributed by atoms with Crippen LogP contribution in [0.15, 0.2) is 48.2 Å². The van der Waals surface area contributed by atoms with Gasteiger partial charge >= 0.3 is 0 Å². The van der Waals surface area contributed by atoms with Gasteiger partial charge in [0.25, 0.3) is 5.91 Å². The predicted molar refractivity (Wildman–Crippen MR) is 87.4 cm³/mol. The average Bonchev–Trinajstić information content (AvgIpc) is 2.58. The highest BCUT2D eigenvalue weighted by atomic mass is 16.5. The van der Waals surface area contributed by atoms with Crippen molar-refractivity contribution in [1.82, 2.24) is 10.3 Å². The lowest BCUT2D eigenvalue weighted by atomic mass is 10.1. The smallest absolute Gasteiger partial charge is 0.262 e. The number of aromatic nitrogens is 1. The fourth-order valence-electron chi connectivity index (χ4n) is 2.04. The molecule has 1 N–H and O–H groups in total. The van der Waals surface area contributed by atoms with E-state index in [0.29, 0.717) is 11.3 Å². The summed E-state index contributed by atoms with van der Waals surface area (Å²) in [5, 5.41) is 11.9. The Labute approximate surface area is 135 Å². The Morgan fingerprint density at radius 1 is 1.39 bits per heavy atom. The largest absolute Gasteiger partial charge is 0.496 e. The summed E-state index contributed by atoms with van der Waals surface area (Å²) >= 11 is 0. The van der Waals surface area contributed by atoms with E-state index in [1.165, 1.54) is 6.08 Å². The molecule has 2 aromatic rings. The van der Waals surface area contributed by atoms with E-state index in [4.69, 9.17) is 4.74 Å². The van der Waals surface area contributed by atoms with Gasteiger partial charge in [0.15, 0.2) is 0 Å². The van der Waals surface area contributed by atoms with Crippen molar-refractivity contribution in [3.63, 3.8) is 0 Å². The van der Waals surface area contributed by atoms with Crippen LogP contribution < -0.4 is 10.1 Å². The highest BCUT2D eigenvalue weighted by molar-refractivity contribution is 6.01. The van der Waals surface area contributed by atoms with Gasteiger partial charge in [-0.3, -0.25) is 9.78 Å². The van der Waals surface area contributed by atoms with Crippen LogP contribution in [0.3, 0.4) is 0 Å². The maximum Gasteiger partial charge on any atom is 0.262 e. The second-order valence-electron chi connectivity index (χ2n) is 4.92. The summed E-state index contributed by atoms with van der Waals surface area (Å²) in [6.45, 7) is 2.20. The SMILES string of the molecule is COc1ccc(C)cc1/C=C(\C#N)C(=O)NCc1ccccn1. The van der Waals surface area contributed by atoms with E-state index in [-0.39, 0.29) is 12.1 Å². The first-order valence-electron chi connectivity index (χ1n) is 7.08. The lowest BCUT2D eigenvalue weighted by Gasteiger charge is -2.07. The van der Waals surface area contributed by atoms with E-state index in [1.54, 1.807) is 25.4 Å². The maximum atomic E-state index is 12.2. The molecule has 0 aliphatic heterocycles.